The second-order valence-electron chi connectivity index (χ2n) is 0. The molecule has 0 N–H and O–H groups in total. The molecule has 1 nitrogen and oxygen atoms in total. The Morgan fingerprint density at radius 3 is 1.00 bits per heavy atom. The summed E-state index contributed by atoms with van der Waals surface area (Å²) >= 11 is 0. The van der Waals surface area contributed by atoms with Crippen LogP contribution in [0, 0.1) is 35.6 Å². The van der Waals surface area contributed by atoms with Crippen molar-refractivity contribution >= 4 is 45.5 Å². The fraction of sp³-hybridized carbons (Fsp3) is 0. The summed E-state index contributed by atoms with van der Waals surface area (Å²) in [6, 6.07) is 0. The molecule has 4 heteroatoms. The Bertz CT molecular complexity index is 8.00. The van der Waals surface area contributed by atoms with Crippen LogP contribution in [0.1, 0.15) is 0 Å². The summed E-state index contributed by atoms with van der Waals surface area (Å²) in [5, 5.41) is 0. The SMILES string of the molecule is [Cu+2].[La].[O-2].[SrH2]. The van der Waals surface area contributed by atoms with Crippen molar-refractivity contribution in [3.8, 4) is 0 Å². The first kappa shape index (κ1) is 27.2. The van der Waals surface area contributed by atoms with E-state index in [1.54, 1.807) is 0 Å². The number of hydrogen-bond donors (Lipinski definition) is 0. The third kappa shape index (κ3) is 8.94. The van der Waals surface area contributed by atoms with Gasteiger partial charge in [0.25, 0.3) is 0 Å². The van der Waals surface area contributed by atoms with Crippen molar-refractivity contribution in [2.75, 3.05) is 0 Å². The van der Waals surface area contributed by atoms with E-state index in [1.807, 2.05) is 0 Å². The summed E-state index contributed by atoms with van der Waals surface area (Å²) in [7, 11) is 0. The Kier molecular flexibility index (Phi) is 112. The second-order valence-corrected chi connectivity index (χ2v) is 0. The standard InChI is InChI=1S/Cu.La.O.Sr.2H/q+2;;-2;;;. The first-order valence-electron chi connectivity index (χ1n) is 0. The third-order valence-corrected chi connectivity index (χ3v) is 0. The van der Waals surface area contributed by atoms with Crippen molar-refractivity contribution < 1.29 is 58.1 Å². The number of hydrogen-bond acceptors (Lipinski definition) is 0. The van der Waals surface area contributed by atoms with E-state index >= 15 is 0 Å². The average molecular weight is 308 g/mol. The summed E-state index contributed by atoms with van der Waals surface area (Å²) in [4.78, 5) is 0. The van der Waals surface area contributed by atoms with Crippen LogP contribution >= 0.6 is 0 Å². The molecule has 0 amide bonds. The zero-order valence-electron chi connectivity index (χ0n) is 1.29. The molecule has 0 unspecified atom stereocenters. The molecule has 0 aliphatic rings. The van der Waals surface area contributed by atoms with Crippen LogP contribution in [0.15, 0.2) is 0 Å². The summed E-state index contributed by atoms with van der Waals surface area (Å²) < 4.78 is 0. The molecular weight excluding hydrogens is 306 g/mol. The van der Waals surface area contributed by atoms with Gasteiger partial charge in [0.15, 0.2) is 0 Å². The molecule has 0 spiro atoms. The third-order valence-electron chi connectivity index (χ3n) is 0. The van der Waals surface area contributed by atoms with Gasteiger partial charge >= 0.3 is 62.6 Å². The maximum absolute atomic E-state index is 0. The van der Waals surface area contributed by atoms with Crippen LogP contribution in [0.5, 0.6) is 0 Å². The van der Waals surface area contributed by atoms with Crippen LogP contribution in [0.2, 0.25) is 0 Å². The summed E-state index contributed by atoms with van der Waals surface area (Å²) in [6.07, 6.45) is 0. The van der Waals surface area contributed by atoms with Gasteiger partial charge in [-0.25, -0.2) is 0 Å². The van der Waals surface area contributed by atoms with E-state index in [4.69, 9.17) is 0 Å². The molecule has 0 aromatic rings. The van der Waals surface area contributed by atoms with Crippen molar-refractivity contribution in [2.24, 2.45) is 0 Å². The molecule has 4 heavy (non-hydrogen) atoms. The normalized spacial score (nSPS) is 0. The zero-order valence-corrected chi connectivity index (χ0v) is 5.85. The monoisotopic (exact) mass is 308 g/mol. The van der Waals surface area contributed by atoms with E-state index in [0.717, 1.165) is 0 Å². The van der Waals surface area contributed by atoms with E-state index < -0.39 is 0 Å². The maximum atomic E-state index is 0. The zero-order chi connectivity index (χ0) is 0. The van der Waals surface area contributed by atoms with Crippen molar-refractivity contribution in [1.29, 1.82) is 0 Å². The Morgan fingerprint density at radius 1 is 1.00 bits per heavy atom. The van der Waals surface area contributed by atoms with Crippen molar-refractivity contribution in [3.63, 3.8) is 0 Å². The minimum absolute atomic E-state index is 0. The molecule has 0 aromatic heterocycles. The fourth-order valence-corrected chi connectivity index (χ4v) is 0. The molecule has 0 fully saturated rings. The average Bonchev–Trinajstić information content (AvgIpc) is 0. The molecule has 0 aliphatic heterocycles. The van der Waals surface area contributed by atoms with Crippen LogP contribution < -0.4 is 0 Å². The van der Waals surface area contributed by atoms with Crippen LogP contribution in [-0.4, -0.2) is 45.5 Å². The first-order valence-corrected chi connectivity index (χ1v) is 0. The van der Waals surface area contributed by atoms with E-state index in [1.165, 1.54) is 0 Å². The molecule has 0 aromatic carbocycles. The van der Waals surface area contributed by atoms with Gasteiger partial charge in [-0.3, -0.25) is 0 Å². The van der Waals surface area contributed by atoms with Crippen molar-refractivity contribution in [3.05, 3.63) is 0 Å². The van der Waals surface area contributed by atoms with Gasteiger partial charge < -0.3 is 5.48 Å². The van der Waals surface area contributed by atoms with Gasteiger partial charge in [-0.15, -0.1) is 0 Å². The topological polar surface area (TPSA) is 28.5 Å². The number of rotatable bonds is 0. The fourth-order valence-electron chi connectivity index (χ4n) is 0. The van der Waals surface area contributed by atoms with Crippen LogP contribution in [0.4, 0.5) is 0 Å². The summed E-state index contributed by atoms with van der Waals surface area (Å²) in [5.74, 6) is 0. The van der Waals surface area contributed by atoms with E-state index in [0.29, 0.717) is 0 Å². The van der Waals surface area contributed by atoms with Gasteiger partial charge in [-0.2, -0.15) is 0 Å². The minimum atomic E-state index is 0. The van der Waals surface area contributed by atoms with E-state index in [2.05, 4.69) is 0 Å². The molecule has 0 aliphatic carbocycles. The second kappa shape index (κ2) is 16.4. The van der Waals surface area contributed by atoms with Gasteiger partial charge in [0.05, 0.1) is 0 Å². The Hall–Kier alpha value is 3.15. The molecular formula is H2CuLaOSr. The van der Waals surface area contributed by atoms with Gasteiger partial charge in [0.1, 0.15) is 0 Å². The van der Waals surface area contributed by atoms with E-state index in [-0.39, 0.29) is 104 Å². The molecule has 0 bridgehead atoms. The molecule has 0 atom stereocenters. The molecule has 0 saturated carbocycles. The molecule has 0 heterocycles. The Labute approximate surface area is 101 Å². The van der Waals surface area contributed by atoms with Gasteiger partial charge in [-0.05, 0) is 0 Å². The van der Waals surface area contributed by atoms with Crippen LogP contribution in [-0.2, 0) is 22.5 Å². The predicted octanol–water partition coefficient (Wildman–Crippen LogP) is -1.04. The van der Waals surface area contributed by atoms with Gasteiger partial charge in [0, 0.05) is 35.6 Å². The van der Waals surface area contributed by atoms with Crippen molar-refractivity contribution in [1.82, 2.24) is 0 Å². The Balaban J connectivity index is 0. The van der Waals surface area contributed by atoms with E-state index in [9.17, 15) is 0 Å². The van der Waals surface area contributed by atoms with Gasteiger partial charge in [-0.1, -0.05) is 0 Å². The van der Waals surface area contributed by atoms with Crippen LogP contribution in [0.3, 0.4) is 0 Å². The van der Waals surface area contributed by atoms with Crippen LogP contribution in [0.25, 0.3) is 0 Å². The molecule has 0 saturated heterocycles. The quantitative estimate of drug-likeness (QED) is 0.512. The Morgan fingerprint density at radius 2 is 1.00 bits per heavy atom. The molecule has 24 valence electrons. The summed E-state index contributed by atoms with van der Waals surface area (Å²) in [6.45, 7) is 0. The molecule has 2 radical (unpaired) electrons. The molecule has 0 rings (SSSR count). The predicted molar refractivity (Wildman–Crippen MR) is 9.23 cm³/mol. The van der Waals surface area contributed by atoms with Gasteiger partial charge in [0.2, 0.25) is 0 Å². The summed E-state index contributed by atoms with van der Waals surface area (Å²) in [5.41, 5.74) is 0. The first-order chi connectivity index (χ1) is 0. The van der Waals surface area contributed by atoms with Crippen molar-refractivity contribution in [2.45, 2.75) is 0 Å².